The quantitative estimate of drug-likeness (QED) is 0.830. The Labute approximate surface area is 148 Å². The molecule has 1 aliphatic rings. The second-order valence-corrected chi connectivity index (χ2v) is 6.83. The average Bonchev–Trinajstić information content (AvgIpc) is 2.53. The fourth-order valence-electron chi connectivity index (χ4n) is 2.29. The molecule has 0 saturated carbocycles. The number of piperazine rings is 1. The lowest BCUT2D eigenvalue weighted by atomic mass is 10.2. The normalized spacial score (nSPS) is 18.4. The van der Waals surface area contributed by atoms with Crippen LogP contribution in [-0.4, -0.2) is 53.2 Å². The van der Waals surface area contributed by atoms with Gasteiger partial charge in [0.25, 0.3) is 0 Å². The topological polar surface area (TPSA) is 83.6 Å². The van der Waals surface area contributed by atoms with Gasteiger partial charge in [-0.25, -0.2) is 9.78 Å². The molecule has 1 atom stereocenters. The minimum atomic E-state index is -4.60. The van der Waals surface area contributed by atoms with E-state index in [-0.39, 0.29) is 12.4 Å². The van der Waals surface area contributed by atoms with Crippen LogP contribution in [0.3, 0.4) is 0 Å². The molecular weight excluding hydrogens is 353 g/mol. The molecule has 0 radical (unpaired) electrons. The lowest BCUT2D eigenvalue weighted by Gasteiger charge is -2.34. The highest BCUT2D eigenvalue weighted by Crippen LogP contribution is 2.28. The molecule has 2 heterocycles. The van der Waals surface area contributed by atoms with Gasteiger partial charge in [-0.05, 0) is 32.9 Å². The highest BCUT2D eigenvalue weighted by molar-refractivity contribution is 5.94. The molecule has 0 aromatic carbocycles. The van der Waals surface area contributed by atoms with Gasteiger partial charge in [-0.1, -0.05) is 6.07 Å². The summed E-state index contributed by atoms with van der Waals surface area (Å²) in [6.07, 6.45) is -5.15. The van der Waals surface area contributed by atoms with E-state index >= 15 is 0 Å². The van der Waals surface area contributed by atoms with Crippen molar-refractivity contribution in [3.05, 3.63) is 23.9 Å². The van der Waals surface area contributed by atoms with E-state index in [4.69, 9.17) is 4.74 Å². The van der Waals surface area contributed by atoms with Gasteiger partial charge in [-0.2, -0.15) is 13.2 Å². The molecule has 0 bridgehead atoms. The van der Waals surface area contributed by atoms with Crippen molar-refractivity contribution in [2.75, 3.05) is 25.0 Å². The summed E-state index contributed by atoms with van der Waals surface area (Å²) in [5.41, 5.74) is -1.76. The smallest absolute Gasteiger partial charge is 0.433 e. The van der Waals surface area contributed by atoms with Crippen LogP contribution >= 0.6 is 0 Å². The number of nitrogens with one attached hydrogen (secondary N) is 2. The van der Waals surface area contributed by atoms with Crippen LogP contribution in [0, 0.1) is 0 Å². The summed E-state index contributed by atoms with van der Waals surface area (Å²) in [5, 5.41) is 5.26. The number of anilines is 1. The SMILES string of the molecule is CC(C)(C)OC(=O)N1CCNC(C(=O)Nc2cccc(C(F)(F)F)n2)C1. The second kappa shape index (κ2) is 7.48. The van der Waals surface area contributed by atoms with E-state index in [9.17, 15) is 22.8 Å². The summed E-state index contributed by atoms with van der Waals surface area (Å²) in [7, 11) is 0. The van der Waals surface area contributed by atoms with Gasteiger partial charge in [0.05, 0.1) is 0 Å². The van der Waals surface area contributed by atoms with Gasteiger partial charge in [-0.15, -0.1) is 0 Å². The van der Waals surface area contributed by atoms with Gasteiger partial charge in [-0.3, -0.25) is 4.79 Å². The van der Waals surface area contributed by atoms with Gasteiger partial charge in [0.15, 0.2) is 0 Å². The first-order valence-corrected chi connectivity index (χ1v) is 8.02. The lowest BCUT2D eigenvalue weighted by molar-refractivity contribution is -0.141. The maximum Gasteiger partial charge on any atom is 0.433 e. The van der Waals surface area contributed by atoms with E-state index in [1.807, 2.05) is 0 Å². The Bertz CT molecular complexity index is 673. The molecule has 1 unspecified atom stereocenters. The largest absolute Gasteiger partial charge is 0.444 e. The van der Waals surface area contributed by atoms with Crippen molar-refractivity contribution in [2.45, 2.75) is 38.6 Å². The van der Waals surface area contributed by atoms with Gasteiger partial charge in [0, 0.05) is 19.6 Å². The fourth-order valence-corrected chi connectivity index (χ4v) is 2.29. The molecule has 1 aromatic rings. The fraction of sp³-hybridized carbons (Fsp3) is 0.562. The van der Waals surface area contributed by atoms with E-state index in [2.05, 4.69) is 15.6 Å². The van der Waals surface area contributed by atoms with Crippen molar-refractivity contribution < 1.29 is 27.5 Å². The number of alkyl halides is 3. The molecule has 144 valence electrons. The molecule has 26 heavy (non-hydrogen) atoms. The lowest BCUT2D eigenvalue weighted by Crippen LogP contribution is -2.57. The van der Waals surface area contributed by atoms with Crippen LogP contribution in [0.4, 0.5) is 23.8 Å². The Morgan fingerprint density at radius 3 is 2.62 bits per heavy atom. The minimum absolute atomic E-state index is 0.0414. The zero-order valence-corrected chi connectivity index (χ0v) is 14.7. The molecule has 2 rings (SSSR count). The van der Waals surface area contributed by atoms with Crippen LogP contribution in [-0.2, 0) is 15.7 Å². The zero-order chi connectivity index (χ0) is 19.5. The Kier molecular flexibility index (Phi) is 5.74. The number of hydrogen-bond acceptors (Lipinski definition) is 5. The van der Waals surface area contributed by atoms with Crippen LogP contribution in [0.25, 0.3) is 0 Å². The van der Waals surface area contributed by atoms with Crippen molar-refractivity contribution >= 4 is 17.8 Å². The molecule has 1 aliphatic heterocycles. The van der Waals surface area contributed by atoms with E-state index < -0.39 is 35.5 Å². The van der Waals surface area contributed by atoms with Gasteiger partial charge in [0.1, 0.15) is 23.2 Å². The molecule has 1 fully saturated rings. The van der Waals surface area contributed by atoms with Crippen molar-refractivity contribution in [3.8, 4) is 0 Å². The van der Waals surface area contributed by atoms with Gasteiger partial charge in [0.2, 0.25) is 5.91 Å². The molecule has 10 heteroatoms. The maximum atomic E-state index is 12.7. The van der Waals surface area contributed by atoms with Crippen molar-refractivity contribution in [3.63, 3.8) is 0 Å². The zero-order valence-electron chi connectivity index (χ0n) is 14.7. The van der Waals surface area contributed by atoms with Crippen LogP contribution in [0.2, 0.25) is 0 Å². The predicted octanol–water partition coefficient (Wildman–Crippen LogP) is 2.25. The summed E-state index contributed by atoms with van der Waals surface area (Å²) < 4.78 is 43.3. The Morgan fingerprint density at radius 2 is 2.00 bits per heavy atom. The van der Waals surface area contributed by atoms with Crippen LogP contribution < -0.4 is 10.6 Å². The number of halogens is 3. The van der Waals surface area contributed by atoms with Crippen molar-refractivity contribution in [1.82, 2.24) is 15.2 Å². The Hall–Kier alpha value is -2.36. The highest BCUT2D eigenvalue weighted by atomic mass is 19.4. The molecule has 7 nitrogen and oxygen atoms in total. The molecule has 2 N–H and O–H groups in total. The summed E-state index contributed by atoms with van der Waals surface area (Å²) >= 11 is 0. The number of aromatic nitrogens is 1. The number of rotatable bonds is 2. The van der Waals surface area contributed by atoms with E-state index in [0.717, 1.165) is 12.1 Å². The average molecular weight is 374 g/mol. The third kappa shape index (κ3) is 5.58. The maximum absolute atomic E-state index is 12.7. The van der Waals surface area contributed by atoms with Gasteiger partial charge < -0.3 is 20.3 Å². The molecule has 1 aromatic heterocycles. The minimum Gasteiger partial charge on any atom is -0.444 e. The first kappa shape index (κ1) is 20.0. The number of ether oxygens (including phenoxy) is 1. The third-order valence-corrected chi connectivity index (χ3v) is 3.43. The first-order valence-electron chi connectivity index (χ1n) is 8.02. The highest BCUT2D eigenvalue weighted by Gasteiger charge is 2.33. The number of amides is 2. The van der Waals surface area contributed by atoms with E-state index in [0.29, 0.717) is 13.1 Å². The molecule has 1 saturated heterocycles. The Balaban J connectivity index is 2.00. The number of hydrogen-bond donors (Lipinski definition) is 2. The predicted molar refractivity (Wildman–Crippen MR) is 87.5 cm³/mol. The summed E-state index contributed by atoms with van der Waals surface area (Å²) in [6.45, 7) is 5.96. The number of carbonyl (C=O) groups excluding carboxylic acids is 2. The number of pyridine rings is 1. The van der Waals surface area contributed by atoms with E-state index in [1.165, 1.54) is 11.0 Å². The molecule has 0 spiro atoms. The summed E-state index contributed by atoms with van der Waals surface area (Å²) in [6, 6.07) is 2.46. The van der Waals surface area contributed by atoms with Gasteiger partial charge >= 0.3 is 12.3 Å². The second-order valence-electron chi connectivity index (χ2n) is 6.83. The third-order valence-electron chi connectivity index (χ3n) is 3.43. The van der Waals surface area contributed by atoms with Crippen LogP contribution in [0.5, 0.6) is 0 Å². The first-order chi connectivity index (χ1) is 12.0. The number of nitrogens with zero attached hydrogens (tertiary/aromatic N) is 2. The van der Waals surface area contributed by atoms with E-state index in [1.54, 1.807) is 20.8 Å². The number of carbonyl (C=O) groups is 2. The van der Waals surface area contributed by atoms with Crippen LogP contribution in [0.1, 0.15) is 26.5 Å². The monoisotopic (exact) mass is 374 g/mol. The van der Waals surface area contributed by atoms with Crippen LogP contribution in [0.15, 0.2) is 18.2 Å². The Morgan fingerprint density at radius 1 is 1.31 bits per heavy atom. The molecule has 0 aliphatic carbocycles. The molecule has 2 amide bonds. The summed E-state index contributed by atoms with van der Waals surface area (Å²) in [5.74, 6) is -0.786. The summed E-state index contributed by atoms with van der Waals surface area (Å²) in [4.78, 5) is 29.2. The van der Waals surface area contributed by atoms with Crippen molar-refractivity contribution in [2.24, 2.45) is 0 Å². The van der Waals surface area contributed by atoms with Crippen molar-refractivity contribution in [1.29, 1.82) is 0 Å². The standard InChI is InChI=1S/C16H21F3N4O3/c1-15(2,3)26-14(25)23-8-7-20-10(9-23)13(24)22-12-6-4-5-11(21-12)16(17,18)19/h4-6,10,20H,7-9H2,1-3H3,(H,21,22,24). The molecular formula is C16H21F3N4O3.